The lowest BCUT2D eigenvalue weighted by Gasteiger charge is -2.05. The third kappa shape index (κ3) is 2.22. The number of fused-ring (bicyclic) bond motifs is 1. The van der Waals surface area contributed by atoms with E-state index in [9.17, 15) is 0 Å². The van der Waals surface area contributed by atoms with Crippen LogP contribution in [0.25, 0.3) is 22.3 Å². The lowest BCUT2D eigenvalue weighted by Crippen LogP contribution is -1.91. The number of nitrogens with one attached hydrogen (secondary N) is 1. The fraction of sp³-hybridized carbons (Fsp3) is 0.0667. The van der Waals surface area contributed by atoms with Gasteiger partial charge in [-0.3, -0.25) is 0 Å². The zero-order valence-corrected chi connectivity index (χ0v) is 11.2. The van der Waals surface area contributed by atoms with Crippen molar-refractivity contribution in [2.75, 3.05) is 7.11 Å². The summed E-state index contributed by atoms with van der Waals surface area (Å²) in [6.45, 7) is 0. The molecule has 3 aromatic rings. The van der Waals surface area contributed by atoms with E-state index in [1.54, 1.807) is 7.11 Å². The molecule has 1 N–H and O–H groups in total. The average Bonchev–Trinajstić information content (AvgIpc) is 2.47. The molecule has 0 amide bonds. The Morgan fingerprint density at radius 3 is 2.53 bits per heavy atom. The van der Waals surface area contributed by atoms with E-state index in [-0.39, 0.29) is 0 Å². The largest absolute Gasteiger partial charge is 0.497 e. The molecule has 0 aliphatic carbocycles. The van der Waals surface area contributed by atoms with Gasteiger partial charge in [0.2, 0.25) is 0 Å². The van der Waals surface area contributed by atoms with E-state index in [0.29, 0.717) is 4.64 Å². The number of rotatable bonds is 2. The molecule has 0 radical (unpaired) electrons. The number of ether oxygens (including phenoxy) is 1. The fourth-order valence-corrected chi connectivity index (χ4v) is 2.25. The molecule has 0 aliphatic heterocycles. The molecule has 0 saturated heterocycles. The summed E-state index contributed by atoms with van der Waals surface area (Å²) < 4.78 is 5.79. The smallest absolute Gasteiger partial charge is 0.130 e. The Balaban J connectivity index is 2.18. The van der Waals surface area contributed by atoms with Gasteiger partial charge in [0.1, 0.15) is 16.1 Å². The van der Waals surface area contributed by atoms with Crippen LogP contribution in [0.4, 0.5) is 0 Å². The summed E-state index contributed by atoms with van der Waals surface area (Å²) in [7, 11) is 1.65. The van der Waals surface area contributed by atoms with Gasteiger partial charge in [-0.1, -0.05) is 24.4 Å². The lowest BCUT2D eigenvalue weighted by molar-refractivity contribution is 0.415. The summed E-state index contributed by atoms with van der Waals surface area (Å²) in [5, 5.41) is 0. The Hall–Kier alpha value is -2.20. The Bertz CT molecular complexity index is 778. The van der Waals surface area contributed by atoms with Crippen molar-refractivity contribution in [3.8, 4) is 17.0 Å². The monoisotopic (exact) mass is 268 g/mol. The minimum Gasteiger partial charge on any atom is -0.497 e. The van der Waals surface area contributed by atoms with E-state index in [1.165, 1.54) is 0 Å². The van der Waals surface area contributed by atoms with Crippen LogP contribution < -0.4 is 4.74 Å². The van der Waals surface area contributed by atoms with E-state index in [2.05, 4.69) is 9.97 Å². The molecule has 1 heterocycles. The van der Waals surface area contributed by atoms with Gasteiger partial charge in [0.15, 0.2) is 0 Å². The Morgan fingerprint density at radius 2 is 1.79 bits per heavy atom. The number of nitrogens with zero attached hydrogens (tertiary/aromatic N) is 1. The van der Waals surface area contributed by atoms with Crippen LogP contribution in [0.15, 0.2) is 48.5 Å². The first-order chi connectivity index (χ1) is 9.28. The summed E-state index contributed by atoms with van der Waals surface area (Å²) in [5.41, 5.74) is 3.62. The summed E-state index contributed by atoms with van der Waals surface area (Å²) in [6.07, 6.45) is 0. The van der Waals surface area contributed by atoms with Crippen molar-refractivity contribution >= 4 is 23.3 Å². The highest BCUT2D eigenvalue weighted by atomic mass is 32.1. The predicted octanol–water partition coefficient (Wildman–Crippen LogP) is 3.97. The zero-order chi connectivity index (χ0) is 13.2. The van der Waals surface area contributed by atoms with Gasteiger partial charge in [-0.05, 0) is 36.4 Å². The van der Waals surface area contributed by atoms with E-state index in [1.807, 2.05) is 48.5 Å². The lowest BCUT2D eigenvalue weighted by atomic mass is 10.1. The predicted molar refractivity (Wildman–Crippen MR) is 78.9 cm³/mol. The van der Waals surface area contributed by atoms with Crippen LogP contribution in [0, 0.1) is 4.64 Å². The van der Waals surface area contributed by atoms with Crippen molar-refractivity contribution in [3.63, 3.8) is 0 Å². The molecule has 0 unspecified atom stereocenters. The van der Waals surface area contributed by atoms with Gasteiger partial charge in [0.25, 0.3) is 0 Å². The number of benzene rings is 2. The van der Waals surface area contributed by atoms with Crippen molar-refractivity contribution < 1.29 is 4.74 Å². The quantitative estimate of drug-likeness (QED) is 0.715. The van der Waals surface area contributed by atoms with E-state index >= 15 is 0 Å². The molecule has 1 aromatic heterocycles. The number of hydrogen-bond acceptors (Lipinski definition) is 3. The second-order valence-electron chi connectivity index (χ2n) is 4.16. The molecule has 2 aromatic carbocycles. The Labute approximate surface area is 115 Å². The van der Waals surface area contributed by atoms with Crippen LogP contribution in [0.1, 0.15) is 0 Å². The Kier molecular flexibility index (Phi) is 3.01. The van der Waals surface area contributed by atoms with Gasteiger partial charge in [0, 0.05) is 5.56 Å². The topological polar surface area (TPSA) is 37.9 Å². The van der Waals surface area contributed by atoms with Crippen LogP contribution in [0.3, 0.4) is 0 Å². The van der Waals surface area contributed by atoms with E-state index < -0.39 is 0 Å². The molecular formula is C15H12N2OS. The first kappa shape index (κ1) is 11.9. The van der Waals surface area contributed by atoms with Gasteiger partial charge in [-0.25, -0.2) is 4.98 Å². The maximum atomic E-state index is 5.37. The van der Waals surface area contributed by atoms with Crippen molar-refractivity contribution in [1.29, 1.82) is 0 Å². The number of aromatic amines is 1. The SMILES string of the molecule is COc1ccc(-c2nc3ccccc3[nH]c2=S)cc1. The highest BCUT2D eigenvalue weighted by Gasteiger charge is 2.05. The zero-order valence-electron chi connectivity index (χ0n) is 10.4. The molecule has 0 aliphatic rings. The van der Waals surface area contributed by atoms with Crippen molar-refractivity contribution in [2.45, 2.75) is 0 Å². The summed E-state index contributed by atoms with van der Waals surface area (Å²) >= 11 is 5.37. The molecule has 19 heavy (non-hydrogen) atoms. The first-order valence-corrected chi connectivity index (χ1v) is 6.32. The fourth-order valence-electron chi connectivity index (χ4n) is 1.97. The van der Waals surface area contributed by atoms with Gasteiger partial charge in [-0.2, -0.15) is 0 Å². The van der Waals surface area contributed by atoms with Crippen LogP contribution >= 0.6 is 12.2 Å². The number of aromatic nitrogens is 2. The van der Waals surface area contributed by atoms with Crippen molar-refractivity contribution in [1.82, 2.24) is 9.97 Å². The summed E-state index contributed by atoms with van der Waals surface area (Å²) in [6, 6.07) is 15.6. The highest BCUT2D eigenvalue weighted by molar-refractivity contribution is 7.71. The highest BCUT2D eigenvalue weighted by Crippen LogP contribution is 2.23. The molecule has 0 saturated carbocycles. The average molecular weight is 268 g/mol. The standard InChI is InChI=1S/C15H12N2OS/c1-18-11-8-6-10(7-9-11)14-15(19)17-13-5-3-2-4-12(13)16-14/h2-9H,1H3,(H,17,19). The molecular weight excluding hydrogens is 256 g/mol. The number of hydrogen-bond donors (Lipinski definition) is 1. The third-order valence-electron chi connectivity index (χ3n) is 2.96. The minimum atomic E-state index is 0.642. The van der Waals surface area contributed by atoms with E-state index in [0.717, 1.165) is 28.0 Å². The molecule has 4 heteroatoms. The van der Waals surface area contributed by atoms with Gasteiger partial charge in [0.05, 0.1) is 18.1 Å². The maximum absolute atomic E-state index is 5.37. The third-order valence-corrected chi connectivity index (χ3v) is 3.26. The molecule has 3 rings (SSSR count). The van der Waals surface area contributed by atoms with Crippen molar-refractivity contribution in [3.05, 3.63) is 53.2 Å². The Morgan fingerprint density at radius 1 is 1.05 bits per heavy atom. The van der Waals surface area contributed by atoms with Crippen molar-refractivity contribution in [2.24, 2.45) is 0 Å². The first-order valence-electron chi connectivity index (χ1n) is 5.91. The van der Waals surface area contributed by atoms with Crippen LogP contribution in [-0.4, -0.2) is 17.1 Å². The van der Waals surface area contributed by atoms with Crippen LogP contribution in [0.2, 0.25) is 0 Å². The molecule has 0 bridgehead atoms. The minimum absolute atomic E-state index is 0.642. The maximum Gasteiger partial charge on any atom is 0.130 e. The number of para-hydroxylation sites is 2. The second kappa shape index (κ2) is 4.82. The normalized spacial score (nSPS) is 10.6. The molecule has 0 fully saturated rings. The number of methoxy groups -OCH3 is 1. The van der Waals surface area contributed by atoms with Crippen LogP contribution in [0.5, 0.6) is 5.75 Å². The van der Waals surface area contributed by atoms with Crippen LogP contribution in [-0.2, 0) is 0 Å². The summed E-state index contributed by atoms with van der Waals surface area (Å²) in [5.74, 6) is 0.819. The second-order valence-corrected chi connectivity index (χ2v) is 4.57. The molecule has 0 spiro atoms. The molecule has 94 valence electrons. The van der Waals surface area contributed by atoms with Gasteiger partial charge >= 0.3 is 0 Å². The molecule has 3 nitrogen and oxygen atoms in total. The van der Waals surface area contributed by atoms with Gasteiger partial charge < -0.3 is 9.72 Å². The summed E-state index contributed by atoms with van der Waals surface area (Å²) in [4.78, 5) is 7.83. The van der Waals surface area contributed by atoms with Gasteiger partial charge in [-0.15, -0.1) is 0 Å². The number of H-pyrrole nitrogens is 1. The molecule has 0 atom stereocenters. The van der Waals surface area contributed by atoms with E-state index in [4.69, 9.17) is 17.0 Å².